The maximum absolute atomic E-state index is 6.14. The molecular formula is C12H23N3. The topological polar surface area (TPSA) is 43.8 Å². The van der Waals surface area contributed by atoms with Crippen LogP contribution in [-0.2, 0) is 13.5 Å². The van der Waals surface area contributed by atoms with E-state index in [0.29, 0.717) is 12.0 Å². The van der Waals surface area contributed by atoms with Gasteiger partial charge in [0, 0.05) is 25.0 Å². The molecule has 1 heterocycles. The van der Waals surface area contributed by atoms with Crippen LogP contribution in [0.1, 0.15) is 38.8 Å². The normalized spacial score (nSPS) is 15.2. The van der Waals surface area contributed by atoms with Crippen molar-refractivity contribution >= 4 is 0 Å². The molecule has 0 amide bonds. The molecule has 2 N–H and O–H groups in total. The van der Waals surface area contributed by atoms with Crippen LogP contribution in [0.25, 0.3) is 0 Å². The van der Waals surface area contributed by atoms with Gasteiger partial charge in [0.2, 0.25) is 0 Å². The lowest BCUT2D eigenvalue weighted by Crippen LogP contribution is -2.28. The Balaban J connectivity index is 2.34. The smallest absolute Gasteiger partial charge is 0.0492 e. The zero-order chi connectivity index (χ0) is 11.3. The molecule has 2 unspecified atom stereocenters. The van der Waals surface area contributed by atoms with Crippen molar-refractivity contribution in [3.8, 4) is 0 Å². The zero-order valence-corrected chi connectivity index (χ0v) is 10.1. The Hall–Kier alpha value is -0.830. The molecule has 3 nitrogen and oxygen atoms in total. The summed E-state index contributed by atoms with van der Waals surface area (Å²) in [6.07, 6.45) is 6.38. The number of rotatable bonds is 6. The summed E-state index contributed by atoms with van der Waals surface area (Å²) in [5, 5.41) is 4.15. The van der Waals surface area contributed by atoms with E-state index >= 15 is 0 Å². The average molecular weight is 209 g/mol. The Bertz CT molecular complexity index is 280. The van der Waals surface area contributed by atoms with Crippen molar-refractivity contribution in [1.29, 1.82) is 0 Å². The third-order valence-corrected chi connectivity index (χ3v) is 3.13. The number of hydrogen-bond donors (Lipinski definition) is 1. The Morgan fingerprint density at radius 2 is 2.20 bits per heavy atom. The SMILES string of the molecule is CCCC(C)C(N)CCc1ccnn1C. The summed E-state index contributed by atoms with van der Waals surface area (Å²) in [6.45, 7) is 4.46. The van der Waals surface area contributed by atoms with E-state index in [1.165, 1.54) is 18.5 Å². The fourth-order valence-corrected chi connectivity index (χ4v) is 1.92. The maximum atomic E-state index is 6.14. The fraction of sp³-hybridized carbons (Fsp3) is 0.750. The molecule has 0 spiro atoms. The summed E-state index contributed by atoms with van der Waals surface area (Å²) in [7, 11) is 1.98. The second-order valence-electron chi connectivity index (χ2n) is 4.41. The number of nitrogens with two attached hydrogens (primary N) is 1. The van der Waals surface area contributed by atoms with Gasteiger partial charge in [-0.2, -0.15) is 5.10 Å². The lowest BCUT2D eigenvalue weighted by atomic mass is 9.93. The molecule has 15 heavy (non-hydrogen) atoms. The molecule has 0 radical (unpaired) electrons. The molecule has 0 aliphatic heterocycles. The largest absolute Gasteiger partial charge is 0.327 e. The van der Waals surface area contributed by atoms with Crippen molar-refractivity contribution in [2.24, 2.45) is 18.7 Å². The minimum atomic E-state index is 0.319. The summed E-state index contributed by atoms with van der Waals surface area (Å²) >= 11 is 0. The number of aromatic nitrogens is 2. The second kappa shape index (κ2) is 5.91. The maximum Gasteiger partial charge on any atom is 0.0492 e. The zero-order valence-electron chi connectivity index (χ0n) is 10.1. The van der Waals surface area contributed by atoms with E-state index < -0.39 is 0 Å². The van der Waals surface area contributed by atoms with E-state index in [2.05, 4.69) is 25.0 Å². The third-order valence-electron chi connectivity index (χ3n) is 3.13. The van der Waals surface area contributed by atoms with Crippen molar-refractivity contribution < 1.29 is 0 Å². The van der Waals surface area contributed by atoms with E-state index in [-0.39, 0.29) is 0 Å². The van der Waals surface area contributed by atoms with Gasteiger partial charge < -0.3 is 5.73 Å². The molecular weight excluding hydrogens is 186 g/mol. The first kappa shape index (κ1) is 12.2. The van der Waals surface area contributed by atoms with E-state index in [0.717, 1.165) is 12.8 Å². The van der Waals surface area contributed by atoms with Crippen molar-refractivity contribution in [2.75, 3.05) is 0 Å². The van der Waals surface area contributed by atoms with Gasteiger partial charge in [-0.1, -0.05) is 20.3 Å². The second-order valence-corrected chi connectivity index (χ2v) is 4.41. The summed E-state index contributed by atoms with van der Waals surface area (Å²) in [4.78, 5) is 0. The molecule has 0 saturated carbocycles. The molecule has 0 saturated heterocycles. The summed E-state index contributed by atoms with van der Waals surface area (Å²) < 4.78 is 1.93. The van der Waals surface area contributed by atoms with Crippen LogP contribution in [0, 0.1) is 5.92 Å². The van der Waals surface area contributed by atoms with Crippen molar-refractivity contribution in [3.05, 3.63) is 18.0 Å². The van der Waals surface area contributed by atoms with Gasteiger partial charge in [-0.05, 0) is 31.2 Å². The van der Waals surface area contributed by atoms with Gasteiger partial charge in [-0.25, -0.2) is 0 Å². The van der Waals surface area contributed by atoms with Gasteiger partial charge in [0.25, 0.3) is 0 Å². The van der Waals surface area contributed by atoms with E-state index in [9.17, 15) is 0 Å². The van der Waals surface area contributed by atoms with Gasteiger partial charge >= 0.3 is 0 Å². The summed E-state index contributed by atoms with van der Waals surface area (Å²) in [6, 6.07) is 2.39. The predicted octanol–water partition coefficient (Wildman–Crippen LogP) is 2.12. The highest BCUT2D eigenvalue weighted by Gasteiger charge is 2.12. The van der Waals surface area contributed by atoms with Crippen molar-refractivity contribution in [1.82, 2.24) is 9.78 Å². The first-order chi connectivity index (χ1) is 7.15. The molecule has 0 aliphatic rings. The summed E-state index contributed by atoms with van der Waals surface area (Å²) in [5.74, 6) is 0.628. The monoisotopic (exact) mass is 209 g/mol. The Morgan fingerprint density at radius 3 is 2.73 bits per heavy atom. The molecule has 86 valence electrons. The van der Waals surface area contributed by atoms with Gasteiger partial charge in [0.1, 0.15) is 0 Å². The highest BCUT2D eigenvalue weighted by Crippen LogP contribution is 2.13. The Morgan fingerprint density at radius 1 is 1.47 bits per heavy atom. The van der Waals surface area contributed by atoms with Gasteiger partial charge in [-0.15, -0.1) is 0 Å². The first-order valence-corrected chi connectivity index (χ1v) is 5.87. The van der Waals surface area contributed by atoms with E-state index in [1.807, 2.05) is 17.9 Å². The molecule has 2 atom stereocenters. The molecule has 3 heteroatoms. The van der Waals surface area contributed by atoms with E-state index in [4.69, 9.17) is 5.73 Å². The molecule has 0 fully saturated rings. The van der Waals surface area contributed by atoms with Crippen molar-refractivity contribution in [2.45, 2.75) is 45.6 Å². The first-order valence-electron chi connectivity index (χ1n) is 5.87. The average Bonchev–Trinajstić information content (AvgIpc) is 2.61. The number of nitrogens with zero attached hydrogens (tertiary/aromatic N) is 2. The number of aryl methyl sites for hydroxylation is 2. The highest BCUT2D eigenvalue weighted by molar-refractivity contribution is 5.00. The van der Waals surface area contributed by atoms with Crippen LogP contribution in [0.2, 0.25) is 0 Å². The van der Waals surface area contributed by atoms with Crippen LogP contribution in [-0.4, -0.2) is 15.8 Å². The van der Waals surface area contributed by atoms with Crippen LogP contribution < -0.4 is 5.73 Å². The molecule has 1 rings (SSSR count). The van der Waals surface area contributed by atoms with Crippen LogP contribution in [0.15, 0.2) is 12.3 Å². The third kappa shape index (κ3) is 3.67. The van der Waals surface area contributed by atoms with Crippen LogP contribution in [0.3, 0.4) is 0 Å². The quantitative estimate of drug-likeness (QED) is 0.780. The van der Waals surface area contributed by atoms with E-state index in [1.54, 1.807) is 0 Å². The van der Waals surface area contributed by atoms with Gasteiger partial charge in [-0.3, -0.25) is 4.68 Å². The Kier molecular flexibility index (Phi) is 4.82. The molecule has 1 aromatic rings. The highest BCUT2D eigenvalue weighted by atomic mass is 15.2. The van der Waals surface area contributed by atoms with Gasteiger partial charge in [0.05, 0.1) is 0 Å². The molecule has 1 aromatic heterocycles. The number of hydrogen-bond acceptors (Lipinski definition) is 2. The molecule has 0 aliphatic carbocycles. The molecule has 0 aromatic carbocycles. The van der Waals surface area contributed by atoms with Crippen LogP contribution >= 0.6 is 0 Å². The minimum Gasteiger partial charge on any atom is -0.327 e. The predicted molar refractivity (Wildman–Crippen MR) is 63.6 cm³/mol. The van der Waals surface area contributed by atoms with Crippen LogP contribution in [0.4, 0.5) is 0 Å². The minimum absolute atomic E-state index is 0.319. The summed E-state index contributed by atoms with van der Waals surface area (Å²) in [5.41, 5.74) is 7.41. The Labute approximate surface area is 92.7 Å². The lowest BCUT2D eigenvalue weighted by molar-refractivity contribution is 0.400. The van der Waals surface area contributed by atoms with Crippen LogP contribution in [0.5, 0.6) is 0 Å². The van der Waals surface area contributed by atoms with Gasteiger partial charge in [0.15, 0.2) is 0 Å². The molecule has 0 bridgehead atoms. The standard InChI is InChI=1S/C12H23N3/c1-4-5-10(2)12(13)7-6-11-8-9-14-15(11)3/h8-10,12H,4-7,13H2,1-3H3. The fourth-order valence-electron chi connectivity index (χ4n) is 1.92. The van der Waals surface area contributed by atoms with Crippen molar-refractivity contribution in [3.63, 3.8) is 0 Å². The lowest BCUT2D eigenvalue weighted by Gasteiger charge is -2.19.